The second kappa shape index (κ2) is 14.4. The molecule has 0 bridgehead atoms. The lowest BCUT2D eigenvalue weighted by Gasteiger charge is -2.15. The van der Waals surface area contributed by atoms with Gasteiger partial charge in [0.25, 0.3) is 5.91 Å². The van der Waals surface area contributed by atoms with Gasteiger partial charge >= 0.3 is 5.97 Å². The third-order valence-corrected chi connectivity index (χ3v) is 7.26. The van der Waals surface area contributed by atoms with Gasteiger partial charge in [-0.1, -0.05) is 60.7 Å². The van der Waals surface area contributed by atoms with Crippen LogP contribution in [0.4, 0.5) is 0 Å². The molecule has 1 aliphatic rings. The first-order valence-electron chi connectivity index (χ1n) is 12.0. The van der Waals surface area contributed by atoms with E-state index in [1.54, 1.807) is 11.8 Å². The molecule has 1 saturated heterocycles. The van der Waals surface area contributed by atoms with E-state index < -0.39 is 0 Å². The molecule has 0 aromatic heterocycles. The number of benzene rings is 2. The first kappa shape index (κ1) is 28.2. The van der Waals surface area contributed by atoms with Gasteiger partial charge < -0.3 is 14.2 Å². The maximum atomic E-state index is 13.0. The number of thiocarbonyl (C=S) groups is 1. The van der Waals surface area contributed by atoms with Crippen molar-refractivity contribution >= 4 is 62.2 Å². The molecule has 1 amide bonds. The highest BCUT2D eigenvalue weighted by molar-refractivity contribution is 9.10. The Balaban J connectivity index is 1.65. The van der Waals surface area contributed by atoms with E-state index in [0.29, 0.717) is 53.5 Å². The summed E-state index contributed by atoms with van der Waals surface area (Å²) in [6.07, 6.45) is 4.55. The zero-order valence-electron chi connectivity index (χ0n) is 20.5. The lowest BCUT2D eigenvalue weighted by molar-refractivity contribution is -0.143. The van der Waals surface area contributed by atoms with Crippen LogP contribution in [-0.2, 0) is 20.9 Å². The van der Waals surface area contributed by atoms with Gasteiger partial charge in [0, 0.05) is 13.0 Å². The Labute approximate surface area is 230 Å². The maximum absolute atomic E-state index is 13.0. The van der Waals surface area contributed by atoms with E-state index in [2.05, 4.69) is 15.9 Å². The van der Waals surface area contributed by atoms with Crippen molar-refractivity contribution in [2.75, 3.05) is 19.8 Å². The van der Waals surface area contributed by atoms with Crippen molar-refractivity contribution in [2.45, 2.75) is 46.1 Å². The number of carbonyl (C=O) groups is 2. The summed E-state index contributed by atoms with van der Waals surface area (Å²) in [7, 11) is 0. The fraction of sp³-hybridized carbons (Fsp3) is 0.370. The Morgan fingerprint density at radius 1 is 1.08 bits per heavy atom. The molecule has 6 nitrogen and oxygen atoms in total. The van der Waals surface area contributed by atoms with Crippen molar-refractivity contribution in [1.29, 1.82) is 0 Å². The number of ether oxygens (including phenoxy) is 3. The van der Waals surface area contributed by atoms with Crippen LogP contribution < -0.4 is 9.47 Å². The van der Waals surface area contributed by atoms with Crippen LogP contribution in [0.5, 0.6) is 11.5 Å². The highest BCUT2D eigenvalue weighted by Gasteiger charge is 2.31. The zero-order chi connectivity index (χ0) is 25.9. The van der Waals surface area contributed by atoms with Crippen LogP contribution in [0.25, 0.3) is 6.08 Å². The fourth-order valence-corrected chi connectivity index (χ4v) is 5.48. The van der Waals surface area contributed by atoms with E-state index in [0.717, 1.165) is 34.9 Å². The van der Waals surface area contributed by atoms with E-state index in [1.165, 1.54) is 11.8 Å². The number of thioether (sulfide) groups is 1. The second-order valence-electron chi connectivity index (χ2n) is 7.99. The van der Waals surface area contributed by atoms with Gasteiger partial charge in [0.1, 0.15) is 10.9 Å². The van der Waals surface area contributed by atoms with Crippen molar-refractivity contribution < 1.29 is 23.8 Å². The third kappa shape index (κ3) is 8.08. The Morgan fingerprint density at radius 3 is 2.58 bits per heavy atom. The summed E-state index contributed by atoms with van der Waals surface area (Å²) in [5, 5.41) is 0. The number of rotatable bonds is 13. The van der Waals surface area contributed by atoms with Crippen LogP contribution >= 0.6 is 39.9 Å². The van der Waals surface area contributed by atoms with E-state index in [9.17, 15) is 9.59 Å². The Morgan fingerprint density at radius 2 is 1.86 bits per heavy atom. The molecule has 0 aliphatic carbocycles. The van der Waals surface area contributed by atoms with Crippen molar-refractivity contribution in [3.8, 4) is 11.5 Å². The number of esters is 1. The summed E-state index contributed by atoms with van der Waals surface area (Å²) in [5.74, 6) is 0.938. The molecule has 0 spiro atoms. The highest BCUT2D eigenvalue weighted by atomic mass is 79.9. The number of nitrogens with zero attached hydrogens (tertiary/aromatic N) is 1. The van der Waals surface area contributed by atoms with Crippen molar-refractivity contribution in [1.82, 2.24) is 4.90 Å². The molecule has 1 aliphatic heterocycles. The molecule has 1 fully saturated rings. The summed E-state index contributed by atoms with van der Waals surface area (Å²) in [5.41, 5.74) is 1.87. The summed E-state index contributed by atoms with van der Waals surface area (Å²) in [4.78, 5) is 26.7. The van der Waals surface area contributed by atoms with Crippen LogP contribution in [0.1, 0.15) is 50.7 Å². The largest absolute Gasteiger partial charge is 0.490 e. The Bertz CT molecular complexity index is 1110. The predicted octanol–water partition coefficient (Wildman–Crippen LogP) is 6.75. The summed E-state index contributed by atoms with van der Waals surface area (Å²) < 4.78 is 18.1. The van der Waals surface area contributed by atoms with Crippen LogP contribution in [0.15, 0.2) is 51.8 Å². The van der Waals surface area contributed by atoms with Gasteiger partial charge in [-0.3, -0.25) is 14.5 Å². The van der Waals surface area contributed by atoms with Crippen LogP contribution in [-0.4, -0.2) is 40.9 Å². The van der Waals surface area contributed by atoms with Crippen molar-refractivity contribution in [3.05, 3.63) is 63.0 Å². The molecule has 9 heteroatoms. The van der Waals surface area contributed by atoms with Crippen molar-refractivity contribution in [3.63, 3.8) is 0 Å². The number of carbonyl (C=O) groups excluding carboxylic acids is 2. The van der Waals surface area contributed by atoms with Gasteiger partial charge in [0.2, 0.25) is 0 Å². The number of hydrogen-bond acceptors (Lipinski definition) is 7. The van der Waals surface area contributed by atoms with Crippen LogP contribution in [0, 0.1) is 0 Å². The van der Waals surface area contributed by atoms with Crippen LogP contribution in [0.2, 0.25) is 0 Å². The lowest BCUT2D eigenvalue weighted by atomic mass is 10.1. The lowest BCUT2D eigenvalue weighted by Crippen LogP contribution is -2.29. The van der Waals surface area contributed by atoms with Gasteiger partial charge in [0.05, 0.1) is 22.6 Å². The molecule has 192 valence electrons. The Kier molecular flexibility index (Phi) is 11.3. The van der Waals surface area contributed by atoms with Gasteiger partial charge in [-0.15, -0.1) is 0 Å². The molecule has 1 heterocycles. The third-order valence-electron chi connectivity index (χ3n) is 5.30. The molecule has 36 heavy (non-hydrogen) atoms. The molecular formula is C27H30BrNO5S2. The molecule has 0 saturated carbocycles. The van der Waals surface area contributed by atoms with E-state index >= 15 is 0 Å². The number of unbranched alkanes of at least 4 members (excludes halogenated alkanes) is 2. The van der Waals surface area contributed by atoms with Gasteiger partial charge in [0.15, 0.2) is 11.5 Å². The topological polar surface area (TPSA) is 65.1 Å². The first-order chi connectivity index (χ1) is 17.4. The quantitative estimate of drug-likeness (QED) is 0.110. The van der Waals surface area contributed by atoms with Crippen molar-refractivity contribution in [2.24, 2.45) is 0 Å². The standard InChI is InChI=1S/C27H30BrNO5S2/c1-3-32-22-16-20(15-21(28)25(22)34-18-19-11-7-5-8-12-19)17-23-26(31)29(27(35)36-23)14-10-6-9-13-24(30)33-4-2/h5,7-8,11-12,15-17H,3-4,6,9-10,13-14,18H2,1-2H3/b23-17-. The average Bonchev–Trinajstić information content (AvgIpc) is 3.11. The fourth-order valence-electron chi connectivity index (χ4n) is 3.60. The molecule has 0 N–H and O–H groups in total. The SMILES string of the molecule is CCOC(=O)CCCCCN1C(=O)/C(=C/c2cc(Br)c(OCc3ccccc3)c(OCC)c2)SC1=S. The molecule has 2 aromatic rings. The molecule has 2 aromatic carbocycles. The van der Waals surface area contributed by atoms with Crippen LogP contribution in [0.3, 0.4) is 0 Å². The molecule has 0 atom stereocenters. The van der Waals surface area contributed by atoms with E-state index in [-0.39, 0.29) is 11.9 Å². The minimum atomic E-state index is -0.180. The smallest absolute Gasteiger partial charge is 0.305 e. The number of amides is 1. The zero-order valence-corrected chi connectivity index (χ0v) is 23.7. The van der Waals surface area contributed by atoms with Gasteiger partial charge in [-0.05, 0) is 72.0 Å². The Hall–Kier alpha value is -2.36. The summed E-state index contributed by atoms with van der Waals surface area (Å²) >= 11 is 10.4. The minimum Gasteiger partial charge on any atom is -0.490 e. The normalized spacial score (nSPS) is 14.4. The molecule has 0 unspecified atom stereocenters. The summed E-state index contributed by atoms with van der Waals surface area (Å²) in [6, 6.07) is 13.7. The minimum absolute atomic E-state index is 0.103. The molecule has 0 radical (unpaired) electrons. The van der Waals surface area contributed by atoms with Gasteiger partial charge in [-0.25, -0.2) is 0 Å². The number of hydrogen-bond donors (Lipinski definition) is 0. The average molecular weight is 593 g/mol. The molecular weight excluding hydrogens is 562 g/mol. The first-order valence-corrected chi connectivity index (χ1v) is 14.0. The summed E-state index contributed by atoms with van der Waals surface area (Å²) in [6.45, 7) is 5.54. The number of halogens is 1. The van der Waals surface area contributed by atoms with Gasteiger partial charge in [-0.2, -0.15) is 0 Å². The highest BCUT2D eigenvalue weighted by Crippen LogP contribution is 2.40. The monoisotopic (exact) mass is 591 g/mol. The molecule has 3 rings (SSSR count). The predicted molar refractivity (Wildman–Crippen MR) is 151 cm³/mol. The van der Waals surface area contributed by atoms with E-state index in [4.69, 9.17) is 26.4 Å². The maximum Gasteiger partial charge on any atom is 0.305 e. The van der Waals surface area contributed by atoms with E-state index in [1.807, 2.05) is 55.5 Å². The second-order valence-corrected chi connectivity index (χ2v) is 10.5.